The van der Waals surface area contributed by atoms with Crippen molar-refractivity contribution in [1.29, 1.82) is 0 Å². The monoisotopic (exact) mass is 450 g/mol. The van der Waals surface area contributed by atoms with E-state index >= 15 is 0 Å². The molecule has 1 heterocycles. The minimum Gasteiger partial charge on any atom is -0.378 e. The number of imidazole rings is 1. The molecule has 1 atom stereocenters. The largest absolute Gasteiger partial charge is 0.416 e. The van der Waals surface area contributed by atoms with Crippen molar-refractivity contribution in [2.45, 2.75) is 30.0 Å². The summed E-state index contributed by atoms with van der Waals surface area (Å²) in [5, 5.41) is 3.38. The van der Waals surface area contributed by atoms with Crippen molar-refractivity contribution in [2.75, 3.05) is 12.4 Å². The Morgan fingerprint density at radius 1 is 1.16 bits per heavy atom. The summed E-state index contributed by atoms with van der Waals surface area (Å²) in [5.74, 6) is 0. The van der Waals surface area contributed by atoms with Gasteiger partial charge in [-0.15, -0.1) is 0 Å². The fourth-order valence-corrected chi connectivity index (χ4v) is 4.59. The van der Waals surface area contributed by atoms with Crippen molar-refractivity contribution in [3.05, 3.63) is 65.6 Å². The zero-order valence-electron chi connectivity index (χ0n) is 16.9. The molecular weight excluding hydrogens is 429 g/mol. The number of sulfonamides is 1. The maximum Gasteiger partial charge on any atom is 0.416 e. The lowest BCUT2D eigenvalue weighted by Crippen LogP contribution is -2.18. The summed E-state index contributed by atoms with van der Waals surface area (Å²) in [5.41, 5.74) is 2.67. The van der Waals surface area contributed by atoms with Crippen LogP contribution in [0.15, 0.2) is 53.8 Å². The normalized spacial score (nSPS) is 16.4. The van der Waals surface area contributed by atoms with Crippen molar-refractivity contribution < 1.29 is 21.6 Å². The molecule has 1 aliphatic carbocycles. The Kier molecular flexibility index (Phi) is 5.30. The number of halogens is 3. The minimum atomic E-state index is -4.37. The number of anilines is 1. The zero-order valence-corrected chi connectivity index (χ0v) is 17.7. The van der Waals surface area contributed by atoms with Gasteiger partial charge < -0.3 is 9.88 Å². The second-order valence-electron chi connectivity index (χ2n) is 7.49. The predicted molar refractivity (Wildman–Crippen MR) is 111 cm³/mol. The van der Waals surface area contributed by atoms with Crippen LogP contribution in [0.25, 0.3) is 11.3 Å². The zero-order chi connectivity index (χ0) is 22.4. The Morgan fingerprint density at radius 2 is 1.94 bits per heavy atom. The lowest BCUT2D eigenvalue weighted by molar-refractivity contribution is -0.137. The second-order valence-corrected chi connectivity index (χ2v) is 9.37. The molecule has 0 saturated heterocycles. The molecule has 3 aromatic rings. The van der Waals surface area contributed by atoms with Gasteiger partial charge in [-0.25, -0.2) is 18.1 Å². The minimum absolute atomic E-state index is 0.0999. The molecule has 1 aromatic heterocycles. The van der Waals surface area contributed by atoms with Gasteiger partial charge in [-0.05, 0) is 61.3 Å². The van der Waals surface area contributed by atoms with Gasteiger partial charge in [0.1, 0.15) is 0 Å². The van der Waals surface area contributed by atoms with Gasteiger partial charge in [0.15, 0.2) is 0 Å². The molecule has 1 aliphatic rings. The number of hydrogen-bond donors (Lipinski definition) is 2. The smallest absolute Gasteiger partial charge is 0.378 e. The number of nitrogens with one attached hydrogen (secondary N) is 2. The molecule has 0 aliphatic heterocycles. The number of aryl methyl sites for hydroxylation is 2. The number of aromatic nitrogens is 2. The van der Waals surface area contributed by atoms with Crippen molar-refractivity contribution >= 4 is 15.7 Å². The van der Waals surface area contributed by atoms with Crippen LogP contribution in [0.4, 0.5) is 18.9 Å². The van der Waals surface area contributed by atoms with Crippen molar-refractivity contribution in [3.63, 3.8) is 0 Å². The SMILES string of the molecule is CNS(=O)(=O)c1ccc(N[C@@H]2CCc3cc(C(F)(F)F)ccc32)c(-c2cn(C)cn2)c1. The molecule has 0 fully saturated rings. The van der Waals surface area contributed by atoms with Crippen LogP contribution in [-0.2, 0) is 29.7 Å². The summed E-state index contributed by atoms with van der Waals surface area (Å²) in [6, 6.07) is 8.33. The highest BCUT2D eigenvalue weighted by atomic mass is 32.2. The summed E-state index contributed by atoms with van der Waals surface area (Å²) in [6.45, 7) is 0. The number of benzene rings is 2. The quantitative estimate of drug-likeness (QED) is 0.613. The van der Waals surface area contributed by atoms with Crippen molar-refractivity contribution in [1.82, 2.24) is 14.3 Å². The highest BCUT2D eigenvalue weighted by molar-refractivity contribution is 7.89. The standard InChI is InChI=1S/C21H21F3N4O2S/c1-25-31(29,30)15-5-8-19(17(10-15)20-11-28(2)12-26-20)27-18-7-3-13-9-14(21(22,23)24)4-6-16(13)18/h4-6,8-12,18,25,27H,3,7H2,1-2H3/t18-/m1/s1. The van der Waals surface area contributed by atoms with Crippen LogP contribution in [0.1, 0.15) is 29.2 Å². The van der Waals surface area contributed by atoms with Gasteiger partial charge >= 0.3 is 6.18 Å². The number of hydrogen-bond acceptors (Lipinski definition) is 4. The van der Waals surface area contributed by atoms with Gasteiger partial charge in [-0.2, -0.15) is 13.2 Å². The summed E-state index contributed by atoms with van der Waals surface area (Å²) in [6.07, 6.45) is 0.175. The van der Waals surface area contributed by atoms with E-state index < -0.39 is 21.8 Å². The fourth-order valence-electron chi connectivity index (χ4n) is 3.83. The molecule has 0 radical (unpaired) electrons. The Balaban J connectivity index is 1.71. The molecule has 2 N–H and O–H groups in total. The number of alkyl halides is 3. The Labute approximate surface area is 178 Å². The predicted octanol–water partition coefficient (Wildman–Crippen LogP) is 4.11. The lowest BCUT2D eigenvalue weighted by atomic mass is 10.0. The molecule has 0 spiro atoms. The summed E-state index contributed by atoms with van der Waals surface area (Å²) in [7, 11) is -0.504. The van der Waals surface area contributed by atoms with Crippen LogP contribution in [0.3, 0.4) is 0 Å². The molecule has 0 unspecified atom stereocenters. The molecule has 6 nitrogen and oxygen atoms in total. The van der Waals surface area contributed by atoms with E-state index in [-0.39, 0.29) is 10.9 Å². The summed E-state index contributed by atoms with van der Waals surface area (Å²) >= 11 is 0. The topological polar surface area (TPSA) is 76.0 Å². The highest BCUT2D eigenvalue weighted by Gasteiger charge is 2.33. The van der Waals surface area contributed by atoms with E-state index in [9.17, 15) is 21.6 Å². The van der Waals surface area contributed by atoms with Gasteiger partial charge in [0, 0.05) is 24.5 Å². The molecule has 2 aromatic carbocycles. The van der Waals surface area contributed by atoms with Crippen LogP contribution < -0.4 is 10.0 Å². The first-order valence-corrected chi connectivity index (χ1v) is 11.1. The molecule has 10 heteroatoms. The van der Waals surface area contributed by atoms with E-state index in [1.807, 2.05) is 7.05 Å². The first-order valence-electron chi connectivity index (χ1n) is 9.61. The molecule has 0 bridgehead atoms. The lowest BCUT2D eigenvalue weighted by Gasteiger charge is -2.19. The summed E-state index contributed by atoms with van der Waals surface area (Å²) < 4.78 is 67.7. The first-order chi connectivity index (χ1) is 14.6. The van der Waals surface area contributed by atoms with E-state index in [1.54, 1.807) is 29.2 Å². The average molecular weight is 450 g/mol. The second kappa shape index (κ2) is 7.69. The van der Waals surface area contributed by atoms with E-state index in [0.717, 1.165) is 11.6 Å². The van der Waals surface area contributed by atoms with Crippen molar-refractivity contribution in [2.24, 2.45) is 7.05 Å². The van der Waals surface area contributed by atoms with E-state index in [4.69, 9.17) is 0 Å². The van der Waals surface area contributed by atoms with Crippen LogP contribution in [0, 0.1) is 0 Å². The maximum absolute atomic E-state index is 13.0. The third kappa shape index (κ3) is 4.17. The van der Waals surface area contributed by atoms with Crippen molar-refractivity contribution in [3.8, 4) is 11.3 Å². The third-order valence-corrected chi connectivity index (χ3v) is 6.84. The van der Waals surface area contributed by atoms with Gasteiger partial charge in [-0.3, -0.25) is 0 Å². The summed E-state index contributed by atoms with van der Waals surface area (Å²) in [4.78, 5) is 4.44. The number of fused-ring (bicyclic) bond motifs is 1. The van der Waals surface area contributed by atoms with E-state index in [2.05, 4.69) is 15.0 Å². The van der Waals surface area contributed by atoms with Crippen LogP contribution in [0.5, 0.6) is 0 Å². The molecule has 0 amide bonds. The Bertz CT molecular complexity index is 1240. The van der Waals surface area contributed by atoms with Crippen LogP contribution in [0.2, 0.25) is 0 Å². The van der Waals surface area contributed by atoms with Crippen LogP contribution in [-0.4, -0.2) is 25.0 Å². The molecule has 31 heavy (non-hydrogen) atoms. The Hall–Kier alpha value is -2.85. The molecule has 4 rings (SSSR count). The molecular formula is C21H21F3N4O2S. The fraction of sp³-hybridized carbons (Fsp3) is 0.286. The number of rotatable bonds is 5. The first kappa shape index (κ1) is 21.4. The third-order valence-electron chi connectivity index (χ3n) is 5.43. The van der Waals surface area contributed by atoms with Crippen LogP contribution >= 0.6 is 0 Å². The maximum atomic E-state index is 13.0. The van der Waals surface area contributed by atoms with Gasteiger partial charge in [0.25, 0.3) is 0 Å². The molecule has 0 saturated carbocycles. The number of nitrogens with zero attached hydrogens (tertiary/aromatic N) is 2. The van der Waals surface area contributed by atoms with Gasteiger partial charge in [0.05, 0.1) is 28.5 Å². The van der Waals surface area contributed by atoms with E-state index in [1.165, 1.54) is 25.2 Å². The molecule has 164 valence electrons. The Morgan fingerprint density at radius 3 is 2.58 bits per heavy atom. The van der Waals surface area contributed by atoms with Gasteiger partial charge in [0.2, 0.25) is 10.0 Å². The van der Waals surface area contributed by atoms with E-state index in [0.29, 0.717) is 35.3 Å². The highest BCUT2D eigenvalue weighted by Crippen LogP contribution is 2.40. The average Bonchev–Trinajstić information content (AvgIpc) is 3.33. The van der Waals surface area contributed by atoms with Gasteiger partial charge in [-0.1, -0.05) is 6.07 Å².